The van der Waals surface area contributed by atoms with Crippen LogP contribution in [0.15, 0.2) is 16.5 Å². The van der Waals surface area contributed by atoms with Crippen LogP contribution < -0.4 is 5.32 Å². The molecular weight excluding hydrogens is 190 g/mol. The lowest BCUT2D eigenvalue weighted by Gasteiger charge is -2.11. The molecule has 0 bridgehead atoms. The fraction of sp³-hybridized carbons (Fsp3) is 0.667. The quantitative estimate of drug-likeness (QED) is 0.710. The van der Waals surface area contributed by atoms with Crippen LogP contribution in [0.4, 0.5) is 0 Å². The zero-order valence-corrected chi connectivity index (χ0v) is 9.79. The highest BCUT2D eigenvalue weighted by Gasteiger charge is 2.08. The van der Waals surface area contributed by atoms with Crippen molar-refractivity contribution in [1.82, 2.24) is 5.32 Å². The topological polar surface area (TPSA) is 45.4 Å². The van der Waals surface area contributed by atoms with Gasteiger partial charge in [0.25, 0.3) is 0 Å². The van der Waals surface area contributed by atoms with Crippen molar-refractivity contribution in [2.24, 2.45) is 0 Å². The van der Waals surface area contributed by atoms with E-state index in [-0.39, 0.29) is 12.1 Å². The first-order valence-electron chi connectivity index (χ1n) is 5.57. The maximum absolute atomic E-state index is 9.09. The van der Waals surface area contributed by atoms with Crippen LogP contribution in [-0.4, -0.2) is 17.8 Å². The summed E-state index contributed by atoms with van der Waals surface area (Å²) in [6, 6.07) is 4.22. The second-order valence-electron chi connectivity index (χ2n) is 4.12. The molecule has 0 aliphatic heterocycles. The van der Waals surface area contributed by atoms with Crippen molar-refractivity contribution in [3.63, 3.8) is 0 Å². The highest BCUT2D eigenvalue weighted by atomic mass is 16.3. The molecular formula is C12H21NO2. The number of aliphatic hydroxyl groups is 1. The van der Waals surface area contributed by atoms with Gasteiger partial charge >= 0.3 is 0 Å². The SMILES string of the molecule is Cc1ccc(C(C)NCCCC(C)O)o1. The first-order valence-corrected chi connectivity index (χ1v) is 5.57. The second kappa shape index (κ2) is 5.93. The summed E-state index contributed by atoms with van der Waals surface area (Å²) in [5, 5.41) is 12.5. The minimum absolute atomic E-state index is 0.201. The van der Waals surface area contributed by atoms with Gasteiger partial charge in [-0.3, -0.25) is 0 Å². The molecule has 0 spiro atoms. The Morgan fingerprint density at radius 3 is 2.67 bits per heavy atom. The Morgan fingerprint density at radius 2 is 2.13 bits per heavy atom. The maximum atomic E-state index is 9.09. The molecule has 0 fully saturated rings. The van der Waals surface area contributed by atoms with Gasteiger partial charge in [-0.1, -0.05) is 0 Å². The molecule has 2 atom stereocenters. The Bertz CT molecular complexity index is 281. The molecule has 0 radical (unpaired) electrons. The molecule has 0 saturated carbocycles. The second-order valence-corrected chi connectivity index (χ2v) is 4.12. The summed E-state index contributed by atoms with van der Waals surface area (Å²) >= 11 is 0. The molecule has 0 aliphatic rings. The van der Waals surface area contributed by atoms with Gasteiger partial charge in [-0.05, 0) is 52.3 Å². The van der Waals surface area contributed by atoms with E-state index in [0.717, 1.165) is 30.9 Å². The molecule has 3 heteroatoms. The molecule has 0 aliphatic carbocycles. The normalized spacial score (nSPS) is 15.2. The van der Waals surface area contributed by atoms with Crippen molar-refractivity contribution in [1.29, 1.82) is 0 Å². The lowest BCUT2D eigenvalue weighted by molar-refractivity contribution is 0.181. The number of aryl methyl sites for hydroxylation is 1. The summed E-state index contributed by atoms with van der Waals surface area (Å²) in [4.78, 5) is 0. The summed E-state index contributed by atoms with van der Waals surface area (Å²) in [6.07, 6.45) is 1.63. The van der Waals surface area contributed by atoms with Crippen LogP contribution in [0.25, 0.3) is 0 Å². The van der Waals surface area contributed by atoms with Crippen LogP contribution in [0.5, 0.6) is 0 Å². The molecule has 1 rings (SSSR count). The van der Waals surface area contributed by atoms with Gasteiger partial charge in [0.2, 0.25) is 0 Å². The number of nitrogens with one attached hydrogen (secondary N) is 1. The fourth-order valence-corrected chi connectivity index (χ4v) is 1.50. The van der Waals surface area contributed by atoms with Gasteiger partial charge < -0.3 is 14.8 Å². The summed E-state index contributed by atoms with van der Waals surface area (Å²) < 4.78 is 5.51. The molecule has 1 aromatic rings. The Hall–Kier alpha value is -0.800. The third kappa shape index (κ3) is 4.49. The molecule has 2 unspecified atom stereocenters. The van der Waals surface area contributed by atoms with Gasteiger partial charge in [0.1, 0.15) is 11.5 Å². The highest BCUT2D eigenvalue weighted by Crippen LogP contribution is 2.15. The number of hydrogen-bond acceptors (Lipinski definition) is 3. The van der Waals surface area contributed by atoms with Gasteiger partial charge in [0.05, 0.1) is 12.1 Å². The van der Waals surface area contributed by atoms with E-state index >= 15 is 0 Å². The Labute approximate surface area is 91.5 Å². The lowest BCUT2D eigenvalue weighted by atomic mass is 10.2. The maximum Gasteiger partial charge on any atom is 0.120 e. The number of rotatable bonds is 6. The van der Waals surface area contributed by atoms with Gasteiger partial charge in [0.15, 0.2) is 0 Å². The van der Waals surface area contributed by atoms with Gasteiger partial charge in [0, 0.05) is 0 Å². The number of aliphatic hydroxyl groups excluding tert-OH is 1. The highest BCUT2D eigenvalue weighted by molar-refractivity contribution is 5.08. The summed E-state index contributed by atoms with van der Waals surface area (Å²) in [6.45, 7) is 6.76. The molecule has 15 heavy (non-hydrogen) atoms. The summed E-state index contributed by atoms with van der Waals surface area (Å²) in [7, 11) is 0. The van der Waals surface area contributed by atoms with Crippen LogP contribution in [0.1, 0.15) is 44.3 Å². The van der Waals surface area contributed by atoms with Crippen LogP contribution in [0, 0.1) is 6.92 Å². The predicted octanol–water partition coefficient (Wildman–Crippen LogP) is 2.40. The van der Waals surface area contributed by atoms with E-state index in [2.05, 4.69) is 12.2 Å². The third-order valence-electron chi connectivity index (χ3n) is 2.44. The smallest absolute Gasteiger partial charge is 0.120 e. The largest absolute Gasteiger partial charge is 0.465 e. The first kappa shape index (κ1) is 12.3. The van der Waals surface area contributed by atoms with Crippen molar-refractivity contribution >= 4 is 0 Å². The van der Waals surface area contributed by atoms with Crippen molar-refractivity contribution in [3.8, 4) is 0 Å². The average molecular weight is 211 g/mol. The summed E-state index contributed by atoms with van der Waals surface area (Å²) in [5.41, 5.74) is 0. The van der Waals surface area contributed by atoms with Crippen molar-refractivity contribution in [2.75, 3.05) is 6.54 Å². The molecule has 1 heterocycles. The standard InChI is InChI=1S/C12H21NO2/c1-9(14)5-4-8-13-11(3)12-7-6-10(2)15-12/h6-7,9,11,13-14H,4-5,8H2,1-3H3. The molecule has 1 aromatic heterocycles. The number of furan rings is 1. The molecule has 86 valence electrons. The first-order chi connectivity index (χ1) is 7.09. The Morgan fingerprint density at radius 1 is 1.40 bits per heavy atom. The van der Waals surface area contributed by atoms with E-state index in [0.29, 0.717) is 0 Å². The molecule has 0 aromatic carbocycles. The Kier molecular flexibility index (Phi) is 4.85. The molecule has 2 N–H and O–H groups in total. The fourth-order valence-electron chi connectivity index (χ4n) is 1.50. The average Bonchev–Trinajstić information content (AvgIpc) is 2.59. The van der Waals surface area contributed by atoms with Crippen LogP contribution >= 0.6 is 0 Å². The van der Waals surface area contributed by atoms with E-state index in [4.69, 9.17) is 9.52 Å². The Balaban J connectivity index is 2.21. The minimum atomic E-state index is -0.201. The van der Waals surface area contributed by atoms with Gasteiger partial charge in [-0.2, -0.15) is 0 Å². The van der Waals surface area contributed by atoms with Gasteiger partial charge in [-0.25, -0.2) is 0 Å². The van der Waals surface area contributed by atoms with E-state index in [1.807, 2.05) is 26.0 Å². The van der Waals surface area contributed by atoms with Crippen molar-refractivity contribution in [2.45, 2.75) is 45.8 Å². The molecule has 3 nitrogen and oxygen atoms in total. The number of hydrogen-bond donors (Lipinski definition) is 2. The van der Waals surface area contributed by atoms with Crippen LogP contribution in [0.3, 0.4) is 0 Å². The lowest BCUT2D eigenvalue weighted by Crippen LogP contribution is -2.20. The minimum Gasteiger partial charge on any atom is -0.465 e. The van der Waals surface area contributed by atoms with Gasteiger partial charge in [-0.15, -0.1) is 0 Å². The van der Waals surface area contributed by atoms with Crippen LogP contribution in [0.2, 0.25) is 0 Å². The molecule has 0 amide bonds. The van der Waals surface area contributed by atoms with Crippen molar-refractivity contribution < 1.29 is 9.52 Å². The summed E-state index contributed by atoms with van der Waals surface area (Å²) in [5.74, 6) is 1.92. The van der Waals surface area contributed by atoms with E-state index in [1.165, 1.54) is 0 Å². The zero-order chi connectivity index (χ0) is 11.3. The van der Waals surface area contributed by atoms with E-state index in [1.54, 1.807) is 0 Å². The predicted molar refractivity (Wildman–Crippen MR) is 60.8 cm³/mol. The van der Waals surface area contributed by atoms with Crippen molar-refractivity contribution in [3.05, 3.63) is 23.7 Å². The third-order valence-corrected chi connectivity index (χ3v) is 2.44. The monoisotopic (exact) mass is 211 g/mol. The molecule has 0 saturated heterocycles. The van der Waals surface area contributed by atoms with Crippen LogP contribution in [-0.2, 0) is 0 Å². The van der Waals surface area contributed by atoms with E-state index in [9.17, 15) is 0 Å². The van der Waals surface area contributed by atoms with E-state index < -0.39 is 0 Å². The zero-order valence-electron chi connectivity index (χ0n) is 9.79.